The third kappa shape index (κ3) is 5.19. The van der Waals surface area contributed by atoms with E-state index in [1.807, 2.05) is 61.7 Å². The van der Waals surface area contributed by atoms with Crippen LogP contribution in [0.4, 0.5) is 5.69 Å². The Labute approximate surface area is 180 Å². The summed E-state index contributed by atoms with van der Waals surface area (Å²) in [4.78, 5) is 12.0. The molecule has 5 nitrogen and oxygen atoms in total. The minimum Gasteiger partial charge on any atom is -0.376 e. The van der Waals surface area contributed by atoms with E-state index in [2.05, 4.69) is 15.8 Å². The number of hydrogen-bond acceptors (Lipinski definition) is 3. The first kappa shape index (κ1) is 21.0. The molecule has 0 unspecified atom stereocenters. The Hall–Kier alpha value is -2.76. The predicted molar refractivity (Wildman–Crippen MR) is 121 cm³/mol. The van der Waals surface area contributed by atoms with Gasteiger partial charge in [-0.2, -0.15) is 5.10 Å². The lowest BCUT2D eigenvalue weighted by Crippen LogP contribution is -2.25. The smallest absolute Gasteiger partial charge is 0.259 e. The number of benzene rings is 2. The Morgan fingerprint density at radius 1 is 1.07 bits per heavy atom. The van der Waals surface area contributed by atoms with Crippen molar-refractivity contribution in [2.45, 2.75) is 20.8 Å². The van der Waals surface area contributed by atoms with Crippen LogP contribution in [0.2, 0.25) is 10.0 Å². The Morgan fingerprint density at radius 3 is 2.52 bits per heavy atom. The maximum absolute atomic E-state index is 12.0. The molecular weight excluding hydrogens is 407 g/mol. The van der Waals surface area contributed by atoms with Gasteiger partial charge < -0.3 is 9.88 Å². The Kier molecular flexibility index (Phi) is 6.62. The van der Waals surface area contributed by atoms with Crippen LogP contribution in [0.1, 0.15) is 22.5 Å². The highest BCUT2D eigenvalue weighted by Crippen LogP contribution is 2.28. The summed E-state index contributed by atoms with van der Waals surface area (Å²) in [5.41, 5.74) is 8.21. The molecule has 7 heteroatoms. The minimum atomic E-state index is -0.228. The number of anilines is 1. The summed E-state index contributed by atoms with van der Waals surface area (Å²) in [6, 6.07) is 15.2. The Morgan fingerprint density at radius 2 is 1.79 bits per heavy atom. The van der Waals surface area contributed by atoms with E-state index in [4.69, 9.17) is 23.2 Å². The quantitative estimate of drug-likeness (QED) is 0.414. The predicted octanol–water partition coefficient (Wildman–Crippen LogP) is 5.27. The van der Waals surface area contributed by atoms with Crippen molar-refractivity contribution in [1.29, 1.82) is 0 Å². The molecule has 0 atom stereocenters. The topological polar surface area (TPSA) is 58.4 Å². The number of halogens is 2. The number of aryl methyl sites for hydroxylation is 2. The highest BCUT2D eigenvalue weighted by Gasteiger charge is 2.12. The zero-order valence-electron chi connectivity index (χ0n) is 16.5. The number of carbonyl (C=O) groups is 1. The van der Waals surface area contributed by atoms with Crippen molar-refractivity contribution in [2.24, 2.45) is 5.10 Å². The van der Waals surface area contributed by atoms with Crippen molar-refractivity contribution < 1.29 is 4.79 Å². The fourth-order valence-corrected chi connectivity index (χ4v) is 3.38. The summed E-state index contributed by atoms with van der Waals surface area (Å²) in [6.07, 6.45) is 1.63. The van der Waals surface area contributed by atoms with Crippen LogP contribution < -0.4 is 10.7 Å². The third-order valence-corrected chi connectivity index (χ3v) is 5.07. The van der Waals surface area contributed by atoms with E-state index in [0.29, 0.717) is 10.0 Å². The van der Waals surface area contributed by atoms with Gasteiger partial charge in [-0.1, -0.05) is 40.9 Å². The van der Waals surface area contributed by atoms with Crippen molar-refractivity contribution in [3.05, 3.63) is 81.1 Å². The monoisotopic (exact) mass is 428 g/mol. The maximum Gasteiger partial charge on any atom is 0.259 e. The van der Waals surface area contributed by atoms with E-state index < -0.39 is 0 Å². The molecule has 29 heavy (non-hydrogen) atoms. The SMILES string of the molecule is Cc1ccc(NCC(=O)N/N=C\c2cc(C)n(-c3cc(Cl)ccc3Cl)c2C)cc1. The molecule has 0 radical (unpaired) electrons. The van der Waals surface area contributed by atoms with Crippen LogP contribution in [0.15, 0.2) is 53.6 Å². The summed E-state index contributed by atoms with van der Waals surface area (Å²) >= 11 is 12.5. The molecule has 0 aliphatic carbocycles. The molecule has 0 saturated heterocycles. The molecule has 3 rings (SSSR count). The number of amides is 1. The molecule has 0 saturated carbocycles. The molecule has 0 bridgehead atoms. The Bertz CT molecular complexity index is 1060. The summed E-state index contributed by atoms with van der Waals surface area (Å²) < 4.78 is 2.01. The number of hydrazone groups is 1. The first-order valence-corrected chi connectivity index (χ1v) is 9.87. The molecule has 1 heterocycles. The van der Waals surface area contributed by atoms with Crippen molar-refractivity contribution in [1.82, 2.24) is 9.99 Å². The standard InChI is InChI=1S/C22H22Cl2N4O/c1-14-4-7-19(8-5-14)25-13-22(29)27-26-12-17-10-15(2)28(16(17)3)21-11-18(23)6-9-20(21)24/h4-12,25H,13H2,1-3H3,(H,27,29)/b26-12-. The van der Waals surface area contributed by atoms with Gasteiger partial charge in [0.2, 0.25) is 0 Å². The van der Waals surface area contributed by atoms with Crippen LogP contribution in [0.3, 0.4) is 0 Å². The molecule has 1 aromatic heterocycles. The summed E-state index contributed by atoms with van der Waals surface area (Å²) in [6.45, 7) is 6.10. The number of nitrogens with one attached hydrogen (secondary N) is 2. The highest BCUT2D eigenvalue weighted by molar-refractivity contribution is 6.34. The summed E-state index contributed by atoms with van der Waals surface area (Å²) in [7, 11) is 0. The van der Waals surface area contributed by atoms with Gasteiger partial charge in [-0.05, 0) is 57.2 Å². The molecule has 0 fully saturated rings. The number of nitrogens with zero attached hydrogens (tertiary/aromatic N) is 2. The van der Waals surface area contributed by atoms with Crippen molar-refractivity contribution in [2.75, 3.05) is 11.9 Å². The number of hydrogen-bond donors (Lipinski definition) is 2. The molecule has 1 amide bonds. The first-order chi connectivity index (χ1) is 13.8. The highest BCUT2D eigenvalue weighted by atomic mass is 35.5. The van der Waals surface area contributed by atoms with Gasteiger partial charge in [0.15, 0.2) is 0 Å². The summed E-state index contributed by atoms with van der Waals surface area (Å²) in [5.74, 6) is -0.228. The van der Waals surface area contributed by atoms with E-state index in [0.717, 1.165) is 28.3 Å². The zero-order chi connectivity index (χ0) is 21.0. The van der Waals surface area contributed by atoms with E-state index in [1.165, 1.54) is 5.56 Å². The van der Waals surface area contributed by atoms with E-state index in [-0.39, 0.29) is 12.5 Å². The van der Waals surface area contributed by atoms with Crippen LogP contribution in [0.5, 0.6) is 0 Å². The Balaban J connectivity index is 1.66. The average Bonchev–Trinajstić information content (AvgIpc) is 2.97. The first-order valence-electron chi connectivity index (χ1n) is 9.12. The largest absolute Gasteiger partial charge is 0.376 e. The average molecular weight is 429 g/mol. The second-order valence-corrected chi connectivity index (χ2v) is 7.61. The van der Waals surface area contributed by atoms with Crippen molar-refractivity contribution in [3.63, 3.8) is 0 Å². The molecular formula is C22H22Cl2N4O. The van der Waals surface area contributed by atoms with Gasteiger partial charge in [-0.3, -0.25) is 4.79 Å². The van der Waals surface area contributed by atoms with E-state index in [9.17, 15) is 4.79 Å². The summed E-state index contributed by atoms with van der Waals surface area (Å²) in [5, 5.41) is 8.36. The fraction of sp³-hybridized carbons (Fsp3) is 0.182. The number of aromatic nitrogens is 1. The molecule has 0 spiro atoms. The normalized spacial score (nSPS) is 11.1. The van der Waals surface area contributed by atoms with Crippen LogP contribution in [-0.2, 0) is 4.79 Å². The van der Waals surface area contributed by atoms with Gasteiger partial charge in [0.25, 0.3) is 5.91 Å². The molecule has 3 aromatic rings. The molecule has 0 aliphatic rings. The zero-order valence-corrected chi connectivity index (χ0v) is 18.0. The molecule has 2 aromatic carbocycles. The minimum absolute atomic E-state index is 0.136. The van der Waals surface area contributed by atoms with E-state index >= 15 is 0 Å². The van der Waals surface area contributed by atoms with Crippen LogP contribution >= 0.6 is 23.2 Å². The van der Waals surface area contributed by atoms with Gasteiger partial charge in [-0.25, -0.2) is 5.43 Å². The third-order valence-electron chi connectivity index (χ3n) is 4.52. The van der Waals surface area contributed by atoms with Gasteiger partial charge >= 0.3 is 0 Å². The van der Waals surface area contributed by atoms with Crippen LogP contribution in [0, 0.1) is 20.8 Å². The second kappa shape index (κ2) is 9.16. The van der Waals surface area contributed by atoms with Crippen molar-refractivity contribution in [3.8, 4) is 5.69 Å². The second-order valence-electron chi connectivity index (χ2n) is 6.77. The van der Waals surface area contributed by atoms with Gasteiger partial charge in [-0.15, -0.1) is 0 Å². The molecule has 2 N–H and O–H groups in total. The molecule has 150 valence electrons. The van der Waals surface area contributed by atoms with Gasteiger partial charge in [0.05, 0.1) is 23.5 Å². The van der Waals surface area contributed by atoms with Gasteiger partial charge in [0.1, 0.15) is 0 Å². The van der Waals surface area contributed by atoms with E-state index in [1.54, 1.807) is 18.3 Å². The van der Waals surface area contributed by atoms with Crippen molar-refractivity contribution >= 4 is 41.0 Å². The van der Waals surface area contributed by atoms with Gasteiger partial charge in [0, 0.05) is 27.7 Å². The lowest BCUT2D eigenvalue weighted by molar-refractivity contribution is -0.119. The number of carbonyl (C=O) groups excluding carboxylic acids is 1. The maximum atomic E-state index is 12.0. The lowest BCUT2D eigenvalue weighted by Gasteiger charge is -2.12. The van der Waals surface area contributed by atoms with Crippen LogP contribution in [0.25, 0.3) is 5.69 Å². The van der Waals surface area contributed by atoms with Crippen LogP contribution in [-0.4, -0.2) is 23.2 Å². The molecule has 0 aliphatic heterocycles. The fourth-order valence-electron chi connectivity index (χ4n) is 3.01. The number of rotatable bonds is 6. The lowest BCUT2D eigenvalue weighted by atomic mass is 10.2.